The quantitative estimate of drug-likeness (QED) is 0.745. The van der Waals surface area contributed by atoms with Crippen LogP contribution >= 0.6 is 0 Å². The molecule has 0 saturated heterocycles. The molecular weight excluding hydrogens is 244 g/mol. The van der Waals surface area contributed by atoms with Crippen LogP contribution in [-0.4, -0.2) is 30.8 Å². The van der Waals surface area contributed by atoms with E-state index in [1.807, 2.05) is 18.2 Å². The lowest BCUT2D eigenvalue weighted by Gasteiger charge is -2.04. The van der Waals surface area contributed by atoms with Crippen molar-refractivity contribution >= 4 is 17.0 Å². The van der Waals surface area contributed by atoms with E-state index in [2.05, 4.69) is 15.1 Å². The maximum Gasteiger partial charge on any atom is 0.309 e. The molecule has 1 aromatic carbocycles. The molecule has 0 aliphatic heterocycles. The van der Waals surface area contributed by atoms with E-state index in [9.17, 15) is 4.79 Å². The highest BCUT2D eigenvalue weighted by molar-refractivity contribution is 5.83. The molecule has 2 aromatic heterocycles. The molecule has 6 nitrogen and oxygen atoms in total. The zero-order valence-electron chi connectivity index (χ0n) is 10.3. The van der Waals surface area contributed by atoms with Gasteiger partial charge in [-0.2, -0.15) is 5.10 Å². The van der Waals surface area contributed by atoms with Crippen LogP contribution in [0.25, 0.3) is 22.2 Å². The molecule has 3 rings (SSSR count). The minimum Gasteiger partial charge on any atom is -0.481 e. The number of benzene rings is 1. The lowest BCUT2D eigenvalue weighted by Crippen LogP contribution is -2.07. The number of aromatic nitrogens is 4. The Hall–Kier alpha value is -2.63. The summed E-state index contributed by atoms with van der Waals surface area (Å²) in [6, 6.07) is 5.77. The van der Waals surface area contributed by atoms with E-state index in [4.69, 9.17) is 5.11 Å². The van der Waals surface area contributed by atoms with Crippen molar-refractivity contribution in [1.29, 1.82) is 0 Å². The van der Waals surface area contributed by atoms with E-state index in [0.29, 0.717) is 5.69 Å². The molecule has 0 radical (unpaired) electrons. The van der Waals surface area contributed by atoms with Crippen molar-refractivity contribution in [2.45, 2.75) is 6.42 Å². The summed E-state index contributed by atoms with van der Waals surface area (Å²) in [5.74, 6) is -0.868. The molecule has 0 bridgehead atoms. The number of aromatic amines is 1. The second-order valence-corrected chi connectivity index (χ2v) is 4.33. The van der Waals surface area contributed by atoms with Gasteiger partial charge in [-0.1, -0.05) is 6.07 Å². The number of carboxylic acids is 1. The summed E-state index contributed by atoms with van der Waals surface area (Å²) >= 11 is 0. The number of carbonyl (C=O) groups is 1. The Morgan fingerprint density at radius 3 is 3.11 bits per heavy atom. The molecule has 3 aromatic rings. The zero-order valence-corrected chi connectivity index (χ0v) is 10.3. The van der Waals surface area contributed by atoms with Gasteiger partial charge in [-0.3, -0.25) is 9.48 Å². The van der Waals surface area contributed by atoms with Crippen LogP contribution in [0.2, 0.25) is 0 Å². The third-order valence-corrected chi connectivity index (χ3v) is 3.11. The number of carboxylic acid groups (broad SMARTS) is 1. The Morgan fingerprint density at radius 2 is 2.32 bits per heavy atom. The Morgan fingerprint density at radius 1 is 1.47 bits per heavy atom. The molecule has 96 valence electrons. The van der Waals surface area contributed by atoms with Gasteiger partial charge in [0.05, 0.1) is 35.7 Å². The number of H-pyrrole nitrogens is 1. The molecule has 19 heavy (non-hydrogen) atoms. The van der Waals surface area contributed by atoms with Crippen LogP contribution in [-0.2, 0) is 18.3 Å². The molecule has 2 heterocycles. The monoisotopic (exact) mass is 256 g/mol. The topological polar surface area (TPSA) is 83.8 Å². The summed E-state index contributed by atoms with van der Waals surface area (Å²) in [5, 5.41) is 13.1. The normalized spacial score (nSPS) is 11.0. The Kier molecular flexibility index (Phi) is 2.56. The predicted octanol–water partition coefficient (Wildman–Crippen LogP) is 1.59. The van der Waals surface area contributed by atoms with E-state index in [1.165, 1.54) is 0 Å². The SMILES string of the molecule is Cn1ncc(-c2ccc3nc[nH]c3c2)c1CC(=O)O. The fourth-order valence-corrected chi connectivity index (χ4v) is 2.16. The predicted molar refractivity (Wildman–Crippen MR) is 69.6 cm³/mol. The second kappa shape index (κ2) is 4.24. The molecule has 0 unspecified atom stereocenters. The molecule has 0 fully saturated rings. The van der Waals surface area contributed by atoms with Gasteiger partial charge in [-0.05, 0) is 17.7 Å². The van der Waals surface area contributed by atoms with Gasteiger partial charge >= 0.3 is 5.97 Å². The molecule has 0 saturated carbocycles. The number of rotatable bonds is 3. The minimum atomic E-state index is -0.868. The summed E-state index contributed by atoms with van der Waals surface area (Å²) < 4.78 is 1.60. The van der Waals surface area contributed by atoms with Crippen molar-refractivity contribution < 1.29 is 9.90 Å². The van der Waals surface area contributed by atoms with Crippen LogP contribution in [0.4, 0.5) is 0 Å². The standard InChI is InChI=1S/C13H12N4O2/c1-17-12(5-13(18)19)9(6-16-17)8-2-3-10-11(4-8)15-7-14-10/h2-4,6-7H,5H2,1H3,(H,14,15)(H,18,19). The van der Waals surface area contributed by atoms with Crippen molar-refractivity contribution in [2.24, 2.45) is 7.05 Å². The average Bonchev–Trinajstić information content (AvgIpc) is 2.96. The molecular formula is C13H12N4O2. The zero-order chi connectivity index (χ0) is 13.4. The molecule has 0 aliphatic rings. The third-order valence-electron chi connectivity index (χ3n) is 3.11. The van der Waals surface area contributed by atoms with E-state index < -0.39 is 5.97 Å². The van der Waals surface area contributed by atoms with Crippen LogP contribution in [0.3, 0.4) is 0 Å². The minimum absolute atomic E-state index is 0.0488. The van der Waals surface area contributed by atoms with Crippen LogP contribution in [0, 0.1) is 0 Å². The van der Waals surface area contributed by atoms with Crippen molar-refractivity contribution in [2.75, 3.05) is 0 Å². The second-order valence-electron chi connectivity index (χ2n) is 4.33. The average molecular weight is 256 g/mol. The molecule has 0 amide bonds. The lowest BCUT2D eigenvalue weighted by atomic mass is 10.0. The number of hydrogen-bond acceptors (Lipinski definition) is 3. The summed E-state index contributed by atoms with van der Waals surface area (Å²) in [4.78, 5) is 18.1. The van der Waals surface area contributed by atoms with E-state index in [0.717, 1.165) is 22.2 Å². The van der Waals surface area contributed by atoms with Gasteiger partial charge in [0.25, 0.3) is 0 Å². The molecule has 2 N–H and O–H groups in total. The highest BCUT2D eigenvalue weighted by Gasteiger charge is 2.14. The first-order valence-electron chi connectivity index (χ1n) is 5.81. The number of aliphatic carboxylic acids is 1. The number of nitrogens with zero attached hydrogens (tertiary/aromatic N) is 3. The van der Waals surface area contributed by atoms with Gasteiger partial charge in [0.15, 0.2) is 0 Å². The van der Waals surface area contributed by atoms with Gasteiger partial charge < -0.3 is 10.1 Å². The Labute approximate surface area is 108 Å². The lowest BCUT2D eigenvalue weighted by molar-refractivity contribution is -0.136. The fourth-order valence-electron chi connectivity index (χ4n) is 2.16. The summed E-state index contributed by atoms with van der Waals surface area (Å²) in [7, 11) is 1.75. The van der Waals surface area contributed by atoms with Crippen LogP contribution in [0.1, 0.15) is 5.69 Å². The largest absolute Gasteiger partial charge is 0.481 e. The van der Waals surface area contributed by atoms with Crippen LogP contribution in [0.15, 0.2) is 30.7 Å². The van der Waals surface area contributed by atoms with Gasteiger partial charge in [0.1, 0.15) is 0 Å². The number of aryl methyl sites for hydroxylation is 1. The third kappa shape index (κ3) is 1.97. The first-order chi connectivity index (χ1) is 9.15. The maximum atomic E-state index is 10.9. The molecule has 0 aliphatic carbocycles. The van der Waals surface area contributed by atoms with Crippen LogP contribution in [0.5, 0.6) is 0 Å². The van der Waals surface area contributed by atoms with Crippen molar-refractivity contribution in [3.05, 3.63) is 36.4 Å². The van der Waals surface area contributed by atoms with E-state index >= 15 is 0 Å². The molecule has 6 heteroatoms. The number of nitrogens with one attached hydrogen (secondary N) is 1. The van der Waals surface area contributed by atoms with Gasteiger partial charge in [0.2, 0.25) is 0 Å². The Bertz CT molecular complexity index is 757. The number of imidazole rings is 1. The fraction of sp³-hybridized carbons (Fsp3) is 0.154. The summed E-state index contributed by atoms with van der Waals surface area (Å²) in [6.07, 6.45) is 3.28. The summed E-state index contributed by atoms with van der Waals surface area (Å²) in [6.45, 7) is 0. The number of fused-ring (bicyclic) bond motifs is 1. The molecule has 0 atom stereocenters. The maximum absolute atomic E-state index is 10.9. The number of hydrogen-bond donors (Lipinski definition) is 2. The summed E-state index contributed by atoms with van der Waals surface area (Å²) in [5.41, 5.74) is 4.25. The van der Waals surface area contributed by atoms with Crippen molar-refractivity contribution in [3.63, 3.8) is 0 Å². The van der Waals surface area contributed by atoms with E-state index in [-0.39, 0.29) is 6.42 Å². The first-order valence-corrected chi connectivity index (χ1v) is 5.81. The highest BCUT2D eigenvalue weighted by Crippen LogP contribution is 2.26. The van der Waals surface area contributed by atoms with Gasteiger partial charge in [0, 0.05) is 12.6 Å². The van der Waals surface area contributed by atoms with Gasteiger partial charge in [-0.25, -0.2) is 4.98 Å². The molecule has 0 spiro atoms. The van der Waals surface area contributed by atoms with Crippen molar-refractivity contribution in [1.82, 2.24) is 19.7 Å². The highest BCUT2D eigenvalue weighted by atomic mass is 16.4. The Balaban J connectivity index is 2.12. The smallest absolute Gasteiger partial charge is 0.309 e. The van der Waals surface area contributed by atoms with E-state index in [1.54, 1.807) is 24.3 Å². The first kappa shape index (κ1) is 11.5. The van der Waals surface area contributed by atoms with Gasteiger partial charge in [-0.15, -0.1) is 0 Å². The van der Waals surface area contributed by atoms with Crippen LogP contribution < -0.4 is 0 Å². The van der Waals surface area contributed by atoms with Crippen molar-refractivity contribution in [3.8, 4) is 11.1 Å².